The van der Waals surface area contributed by atoms with E-state index in [4.69, 9.17) is 14.2 Å². The average molecular weight is 369 g/mol. The minimum absolute atomic E-state index is 0.359. The molecule has 1 N–H and O–H groups in total. The molecule has 142 valence electrons. The minimum atomic E-state index is -0.610. The van der Waals surface area contributed by atoms with Gasteiger partial charge in [-0.15, -0.1) is 0 Å². The monoisotopic (exact) mass is 369 g/mol. The average Bonchev–Trinajstić information content (AvgIpc) is 2.67. The van der Waals surface area contributed by atoms with Gasteiger partial charge < -0.3 is 19.5 Å². The first-order chi connectivity index (χ1) is 12.9. The number of amides is 1. The van der Waals surface area contributed by atoms with Gasteiger partial charge in [0.05, 0.1) is 14.2 Å². The molecule has 0 saturated heterocycles. The van der Waals surface area contributed by atoms with Gasteiger partial charge in [0.2, 0.25) is 0 Å². The number of hydrogen-bond acceptors (Lipinski definition) is 5. The lowest BCUT2D eigenvalue weighted by atomic mass is 10.1. The van der Waals surface area contributed by atoms with E-state index in [0.717, 1.165) is 16.7 Å². The summed E-state index contributed by atoms with van der Waals surface area (Å²) in [6, 6.07) is 11.0. The zero-order chi connectivity index (χ0) is 19.8. The molecule has 1 amide bonds. The van der Waals surface area contributed by atoms with Crippen LogP contribution in [0.5, 0.6) is 11.5 Å². The SMILES string of the molecule is COc1ccc(C=CC(=O)OCC(=O)Nc2cc(C)ccc2C)cc1OC. The predicted molar refractivity (Wildman–Crippen MR) is 104 cm³/mol. The maximum Gasteiger partial charge on any atom is 0.331 e. The number of hydrogen-bond donors (Lipinski definition) is 1. The molecule has 0 atom stereocenters. The second-order valence-electron chi connectivity index (χ2n) is 5.92. The second-order valence-corrected chi connectivity index (χ2v) is 5.92. The van der Waals surface area contributed by atoms with Gasteiger partial charge in [0.1, 0.15) is 0 Å². The Kier molecular flexibility index (Phi) is 7.00. The Morgan fingerprint density at radius 2 is 1.74 bits per heavy atom. The first kappa shape index (κ1) is 20.0. The highest BCUT2D eigenvalue weighted by atomic mass is 16.5. The zero-order valence-electron chi connectivity index (χ0n) is 15.9. The van der Waals surface area contributed by atoms with Crippen LogP contribution in [0, 0.1) is 13.8 Å². The quantitative estimate of drug-likeness (QED) is 0.597. The number of aryl methyl sites for hydroxylation is 2. The smallest absolute Gasteiger partial charge is 0.331 e. The maximum atomic E-state index is 12.0. The van der Waals surface area contributed by atoms with E-state index in [1.165, 1.54) is 13.2 Å². The zero-order valence-corrected chi connectivity index (χ0v) is 15.9. The molecule has 0 aromatic heterocycles. The van der Waals surface area contributed by atoms with E-state index in [1.54, 1.807) is 31.4 Å². The van der Waals surface area contributed by atoms with Crippen molar-refractivity contribution in [3.8, 4) is 11.5 Å². The van der Waals surface area contributed by atoms with Gasteiger partial charge in [0.15, 0.2) is 18.1 Å². The molecule has 6 nitrogen and oxygen atoms in total. The van der Waals surface area contributed by atoms with Crippen molar-refractivity contribution < 1.29 is 23.8 Å². The lowest BCUT2D eigenvalue weighted by Crippen LogP contribution is -2.20. The Balaban J connectivity index is 1.89. The Hall–Kier alpha value is -3.28. The number of esters is 1. The molecule has 0 spiro atoms. The van der Waals surface area contributed by atoms with E-state index in [0.29, 0.717) is 17.2 Å². The third-order valence-electron chi connectivity index (χ3n) is 3.83. The summed E-state index contributed by atoms with van der Waals surface area (Å²) in [6.45, 7) is 3.48. The molecule has 0 unspecified atom stereocenters. The number of benzene rings is 2. The molecule has 0 saturated carbocycles. The highest BCUT2D eigenvalue weighted by Gasteiger charge is 2.08. The molecule has 0 fully saturated rings. The Bertz CT molecular complexity index is 858. The first-order valence-electron chi connectivity index (χ1n) is 8.37. The summed E-state index contributed by atoms with van der Waals surface area (Å²) in [5.74, 6) is 0.152. The van der Waals surface area contributed by atoms with Gasteiger partial charge in [-0.3, -0.25) is 4.79 Å². The van der Waals surface area contributed by atoms with Crippen LogP contribution in [-0.2, 0) is 14.3 Å². The van der Waals surface area contributed by atoms with E-state index in [1.807, 2.05) is 32.0 Å². The molecule has 0 heterocycles. The van der Waals surface area contributed by atoms with Gasteiger partial charge in [0, 0.05) is 11.8 Å². The third-order valence-corrected chi connectivity index (χ3v) is 3.83. The van der Waals surface area contributed by atoms with Crippen molar-refractivity contribution in [2.45, 2.75) is 13.8 Å². The third kappa shape index (κ3) is 5.88. The number of carbonyl (C=O) groups excluding carboxylic acids is 2. The van der Waals surface area contributed by atoms with E-state index < -0.39 is 11.9 Å². The van der Waals surface area contributed by atoms with Gasteiger partial charge in [-0.2, -0.15) is 0 Å². The van der Waals surface area contributed by atoms with Crippen molar-refractivity contribution in [1.29, 1.82) is 0 Å². The number of carbonyl (C=O) groups is 2. The molecule has 2 aromatic carbocycles. The lowest BCUT2D eigenvalue weighted by Gasteiger charge is -2.09. The van der Waals surface area contributed by atoms with Crippen LogP contribution in [0.1, 0.15) is 16.7 Å². The van der Waals surface area contributed by atoms with E-state index in [-0.39, 0.29) is 6.61 Å². The van der Waals surface area contributed by atoms with Crippen LogP contribution >= 0.6 is 0 Å². The number of ether oxygens (including phenoxy) is 3. The van der Waals surface area contributed by atoms with Crippen LogP contribution in [-0.4, -0.2) is 32.7 Å². The molecule has 0 bridgehead atoms. The summed E-state index contributed by atoms with van der Waals surface area (Å²) < 4.78 is 15.3. The summed E-state index contributed by atoms with van der Waals surface area (Å²) in [5, 5.41) is 2.74. The van der Waals surface area contributed by atoms with Crippen LogP contribution < -0.4 is 14.8 Å². The van der Waals surface area contributed by atoms with Crippen LogP contribution in [0.15, 0.2) is 42.5 Å². The Morgan fingerprint density at radius 3 is 2.44 bits per heavy atom. The van der Waals surface area contributed by atoms with E-state index >= 15 is 0 Å². The highest BCUT2D eigenvalue weighted by molar-refractivity contribution is 5.95. The Labute approximate surface area is 158 Å². The van der Waals surface area contributed by atoms with Crippen molar-refractivity contribution in [1.82, 2.24) is 0 Å². The molecule has 27 heavy (non-hydrogen) atoms. The number of methoxy groups -OCH3 is 2. The van der Waals surface area contributed by atoms with Gasteiger partial charge in [0.25, 0.3) is 5.91 Å². The molecule has 0 aliphatic rings. The summed E-state index contributed by atoms with van der Waals surface area (Å²) in [6.07, 6.45) is 2.83. The van der Waals surface area contributed by atoms with Crippen LogP contribution in [0.2, 0.25) is 0 Å². The Morgan fingerprint density at radius 1 is 1.00 bits per heavy atom. The highest BCUT2D eigenvalue weighted by Crippen LogP contribution is 2.27. The van der Waals surface area contributed by atoms with Crippen molar-refractivity contribution >= 4 is 23.6 Å². The fourth-order valence-corrected chi connectivity index (χ4v) is 2.36. The minimum Gasteiger partial charge on any atom is -0.493 e. The standard InChI is InChI=1S/C21H23NO5/c1-14-5-6-15(2)17(11-14)22-20(23)13-27-21(24)10-8-16-7-9-18(25-3)19(12-16)26-4/h5-12H,13H2,1-4H3,(H,22,23). The van der Waals surface area contributed by atoms with Gasteiger partial charge in [-0.05, 0) is 54.8 Å². The maximum absolute atomic E-state index is 12.0. The molecule has 0 radical (unpaired) electrons. The fourth-order valence-electron chi connectivity index (χ4n) is 2.36. The van der Waals surface area contributed by atoms with Crippen molar-refractivity contribution in [2.75, 3.05) is 26.1 Å². The number of rotatable bonds is 7. The molecule has 0 aliphatic heterocycles. The van der Waals surface area contributed by atoms with Crippen LogP contribution in [0.3, 0.4) is 0 Å². The molecule has 2 aromatic rings. The molecule has 6 heteroatoms. The van der Waals surface area contributed by atoms with Gasteiger partial charge in [-0.1, -0.05) is 18.2 Å². The number of nitrogens with one attached hydrogen (secondary N) is 1. The molecular formula is C21H23NO5. The lowest BCUT2D eigenvalue weighted by molar-refractivity contribution is -0.142. The predicted octanol–water partition coefficient (Wildman–Crippen LogP) is 3.52. The van der Waals surface area contributed by atoms with Crippen molar-refractivity contribution in [2.24, 2.45) is 0 Å². The molecular weight excluding hydrogens is 346 g/mol. The normalized spacial score (nSPS) is 10.5. The van der Waals surface area contributed by atoms with E-state index in [2.05, 4.69) is 5.32 Å². The second kappa shape index (κ2) is 9.43. The molecule has 2 rings (SSSR count). The van der Waals surface area contributed by atoms with Gasteiger partial charge in [-0.25, -0.2) is 4.79 Å². The largest absolute Gasteiger partial charge is 0.493 e. The topological polar surface area (TPSA) is 73.9 Å². The van der Waals surface area contributed by atoms with Crippen LogP contribution in [0.25, 0.3) is 6.08 Å². The summed E-state index contributed by atoms with van der Waals surface area (Å²) >= 11 is 0. The summed E-state index contributed by atoms with van der Waals surface area (Å²) in [4.78, 5) is 23.8. The van der Waals surface area contributed by atoms with Crippen molar-refractivity contribution in [3.05, 3.63) is 59.2 Å². The van der Waals surface area contributed by atoms with E-state index in [9.17, 15) is 9.59 Å². The fraction of sp³-hybridized carbons (Fsp3) is 0.238. The summed E-state index contributed by atoms with van der Waals surface area (Å²) in [5.41, 5.74) is 3.42. The van der Waals surface area contributed by atoms with Crippen LogP contribution in [0.4, 0.5) is 5.69 Å². The van der Waals surface area contributed by atoms with Gasteiger partial charge >= 0.3 is 5.97 Å². The first-order valence-corrected chi connectivity index (χ1v) is 8.37. The molecule has 0 aliphatic carbocycles. The van der Waals surface area contributed by atoms with Crippen molar-refractivity contribution in [3.63, 3.8) is 0 Å². The summed E-state index contributed by atoms with van der Waals surface area (Å²) in [7, 11) is 3.09. The number of anilines is 1.